The van der Waals surface area contributed by atoms with Gasteiger partial charge in [-0.25, -0.2) is 0 Å². The van der Waals surface area contributed by atoms with Crippen LogP contribution in [-0.4, -0.2) is 68.5 Å². The number of carbonyl (C=O) groups is 1. The fourth-order valence-corrected chi connectivity index (χ4v) is 9.42. The van der Waals surface area contributed by atoms with Crippen molar-refractivity contribution >= 4 is 13.7 Å². The minimum atomic E-state index is -4.60. The third-order valence-electron chi connectivity index (χ3n) is 13.3. The molecule has 0 saturated heterocycles. The lowest BCUT2D eigenvalue weighted by Crippen LogP contribution is -2.45. The van der Waals surface area contributed by atoms with E-state index in [9.17, 15) is 19.4 Å². The van der Waals surface area contributed by atoms with Crippen LogP contribution >= 0.6 is 7.82 Å². The fraction of sp³-hybridized carbons (Fsp3) is 0.881. The summed E-state index contributed by atoms with van der Waals surface area (Å²) in [6, 6.07) is -0.907. The molecule has 0 bridgehead atoms. The number of aliphatic hydroxyl groups is 1. The highest BCUT2D eigenvalue weighted by atomic mass is 31.2. The zero-order valence-electron chi connectivity index (χ0n) is 45.8. The topological polar surface area (TPSA) is 108 Å². The smallest absolute Gasteiger partial charge is 0.268 e. The van der Waals surface area contributed by atoms with Gasteiger partial charge >= 0.3 is 0 Å². The number of rotatable bonds is 54. The maximum atomic E-state index is 12.9. The van der Waals surface area contributed by atoms with Gasteiger partial charge < -0.3 is 28.8 Å². The maximum absolute atomic E-state index is 12.9. The molecule has 0 aliphatic carbocycles. The predicted octanol–water partition coefficient (Wildman–Crippen LogP) is 17.1. The van der Waals surface area contributed by atoms with Crippen LogP contribution < -0.4 is 10.2 Å². The zero-order valence-corrected chi connectivity index (χ0v) is 46.7. The van der Waals surface area contributed by atoms with Gasteiger partial charge in [-0.3, -0.25) is 9.36 Å². The number of phosphoric ester groups is 1. The van der Waals surface area contributed by atoms with Crippen molar-refractivity contribution in [3.8, 4) is 0 Å². The van der Waals surface area contributed by atoms with Crippen molar-refractivity contribution in [3.05, 3.63) is 36.5 Å². The van der Waals surface area contributed by atoms with Gasteiger partial charge in [0.2, 0.25) is 5.91 Å². The zero-order chi connectivity index (χ0) is 49.9. The Kier molecular flexibility index (Phi) is 49.7. The first-order chi connectivity index (χ1) is 33.0. The Balaban J connectivity index is 4.11. The van der Waals surface area contributed by atoms with Crippen LogP contribution in [0, 0.1) is 0 Å². The van der Waals surface area contributed by atoms with Gasteiger partial charge in [0, 0.05) is 6.42 Å². The molecule has 0 spiro atoms. The van der Waals surface area contributed by atoms with E-state index in [0.717, 1.165) is 57.8 Å². The Morgan fingerprint density at radius 2 is 0.824 bits per heavy atom. The van der Waals surface area contributed by atoms with Gasteiger partial charge in [-0.15, -0.1) is 0 Å². The molecule has 0 heterocycles. The first-order valence-corrected chi connectivity index (χ1v) is 30.8. The molecule has 0 aromatic rings. The molecule has 0 saturated carbocycles. The van der Waals surface area contributed by atoms with Gasteiger partial charge in [0.1, 0.15) is 13.2 Å². The molecule has 3 unspecified atom stereocenters. The Morgan fingerprint density at radius 3 is 1.19 bits per heavy atom. The van der Waals surface area contributed by atoms with Crippen molar-refractivity contribution in [3.63, 3.8) is 0 Å². The SMILES string of the molecule is CCCCCCC/C=C\CCCCCCCC(=O)NC(COP(=O)([O-])OCC[N+](C)(C)C)C(O)/C=C/CC/C=C/CCCCCCCCCCCCCCCCCCCCCCCCCCCC. The summed E-state index contributed by atoms with van der Waals surface area (Å²) >= 11 is 0. The van der Waals surface area contributed by atoms with Gasteiger partial charge in [-0.05, 0) is 57.8 Å². The Morgan fingerprint density at radius 1 is 0.500 bits per heavy atom. The molecular weight excluding hydrogens is 864 g/mol. The number of hydrogen-bond acceptors (Lipinski definition) is 6. The van der Waals surface area contributed by atoms with E-state index < -0.39 is 26.6 Å². The minimum Gasteiger partial charge on any atom is -0.756 e. The minimum absolute atomic E-state index is 0.00755. The lowest BCUT2D eigenvalue weighted by Gasteiger charge is -2.29. The highest BCUT2D eigenvalue weighted by molar-refractivity contribution is 7.45. The first-order valence-electron chi connectivity index (χ1n) is 29.4. The normalized spacial score (nSPS) is 14.2. The molecule has 9 heteroatoms. The lowest BCUT2D eigenvalue weighted by atomic mass is 10.0. The van der Waals surface area contributed by atoms with Crippen molar-refractivity contribution in [1.29, 1.82) is 0 Å². The van der Waals surface area contributed by atoms with Crippen molar-refractivity contribution in [1.82, 2.24) is 5.32 Å². The number of carbonyl (C=O) groups excluding carboxylic acids is 1. The van der Waals surface area contributed by atoms with Gasteiger partial charge in [-0.2, -0.15) is 0 Å². The number of quaternary nitrogens is 1. The van der Waals surface area contributed by atoms with Crippen LogP contribution in [0.1, 0.15) is 284 Å². The molecule has 402 valence electrons. The van der Waals surface area contributed by atoms with Crippen LogP contribution in [0.5, 0.6) is 0 Å². The monoisotopic (exact) mass is 979 g/mol. The van der Waals surface area contributed by atoms with Gasteiger partial charge in [0.05, 0.1) is 39.9 Å². The predicted molar refractivity (Wildman–Crippen MR) is 293 cm³/mol. The molecule has 0 aromatic carbocycles. The van der Waals surface area contributed by atoms with E-state index in [4.69, 9.17) is 9.05 Å². The second-order valence-corrected chi connectivity index (χ2v) is 22.8. The molecule has 1 amide bonds. The van der Waals surface area contributed by atoms with Crippen molar-refractivity contribution in [2.24, 2.45) is 0 Å². The Hall–Kier alpha value is -1.28. The average Bonchev–Trinajstić information content (AvgIpc) is 3.30. The summed E-state index contributed by atoms with van der Waals surface area (Å²) in [6.07, 6.45) is 65.3. The van der Waals surface area contributed by atoms with E-state index >= 15 is 0 Å². The van der Waals surface area contributed by atoms with Gasteiger partial charge in [0.25, 0.3) is 7.82 Å². The van der Waals surface area contributed by atoms with Crippen molar-refractivity contribution < 1.29 is 32.9 Å². The molecule has 0 aliphatic rings. The standard InChI is InChI=1S/C59H115N2O6P/c1-6-8-10-12-14-16-18-20-22-23-24-25-26-27-28-29-30-31-32-33-34-35-36-37-38-39-40-42-44-46-48-50-52-58(62)57(56-67-68(64,65)66-55-54-61(3,4)5)60-59(63)53-51-49-47-45-43-41-21-19-17-15-13-11-9-7-2/h19,21,42,44,50,52,57-58,62H,6-18,20,22-41,43,45-49,51,53-56H2,1-5H3,(H-,60,63,64,65)/b21-19-,44-42+,52-50+. The number of nitrogens with one attached hydrogen (secondary N) is 1. The van der Waals surface area contributed by atoms with E-state index in [1.54, 1.807) is 6.08 Å². The summed E-state index contributed by atoms with van der Waals surface area (Å²) < 4.78 is 23.3. The van der Waals surface area contributed by atoms with E-state index in [1.165, 1.54) is 205 Å². The van der Waals surface area contributed by atoms with Crippen LogP contribution in [0.4, 0.5) is 0 Å². The van der Waals surface area contributed by atoms with E-state index in [2.05, 4.69) is 43.5 Å². The maximum Gasteiger partial charge on any atom is 0.268 e. The summed E-state index contributed by atoms with van der Waals surface area (Å²) in [5.41, 5.74) is 0. The molecule has 2 N–H and O–H groups in total. The molecule has 8 nitrogen and oxygen atoms in total. The van der Waals surface area contributed by atoms with Crippen molar-refractivity contribution in [2.45, 2.75) is 296 Å². The lowest BCUT2D eigenvalue weighted by molar-refractivity contribution is -0.870. The number of unbranched alkanes of at least 4 members (excludes halogenated alkanes) is 37. The van der Waals surface area contributed by atoms with Crippen LogP contribution in [0.2, 0.25) is 0 Å². The van der Waals surface area contributed by atoms with Crippen LogP contribution in [0.25, 0.3) is 0 Å². The van der Waals surface area contributed by atoms with E-state index in [-0.39, 0.29) is 12.5 Å². The number of likely N-dealkylation sites (N-methyl/N-ethyl adjacent to an activating group) is 1. The summed E-state index contributed by atoms with van der Waals surface area (Å²) in [7, 11) is 1.24. The quantitative estimate of drug-likeness (QED) is 0.0272. The second kappa shape index (κ2) is 50.7. The first kappa shape index (κ1) is 66.7. The molecule has 0 rings (SSSR count). The number of allylic oxidation sites excluding steroid dienone is 5. The number of aliphatic hydroxyl groups excluding tert-OH is 1. The highest BCUT2D eigenvalue weighted by Crippen LogP contribution is 2.38. The largest absolute Gasteiger partial charge is 0.756 e. The molecule has 0 aromatic heterocycles. The summed E-state index contributed by atoms with van der Waals surface area (Å²) in [5.74, 6) is -0.214. The summed E-state index contributed by atoms with van der Waals surface area (Å²) in [4.78, 5) is 25.4. The molecule has 0 fully saturated rings. The highest BCUT2D eigenvalue weighted by Gasteiger charge is 2.23. The molecule has 68 heavy (non-hydrogen) atoms. The molecular formula is C59H115N2O6P. The summed E-state index contributed by atoms with van der Waals surface area (Å²) in [6.45, 7) is 4.64. The fourth-order valence-electron chi connectivity index (χ4n) is 8.70. The number of hydrogen-bond donors (Lipinski definition) is 2. The van der Waals surface area contributed by atoms with Crippen molar-refractivity contribution in [2.75, 3.05) is 40.9 Å². The molecule has 0 radical (unpaired) electrons. The van der Waals surface area contributed by atoms with Crippen LogP contribution in [0.3, 0.4) is 0 Å². The number of phosphoric acid groups is 1. The van der Waals surface area contributed by atoms with E-state index in [1.807, 2.05) is 27.2 Å². The third kappa shape index (κ3) is 52.5. The Labute approximate surface area is 423 Å². The second-order valence-electron chi connectivity index (χ2n) is 21.3. The van der Waals surface area contributed by atoms with Crippen LogP contribution in [-0.2, 0) is 18.4 Å². The molecule has 0 aliphatic heterocycles. The number of nitrogens with zero attached hydrogens (tertiary/aromatic N) is 1. The van der Waals surface area contributed by atoms with Crippen LogP contribution in [0.15, 0.2) is 36.5 Å². The van der Waals surface area contributed by atoms with E-state index in [0.29, 0.717) is 17.4 Å². The Bertz CT molecular complexity index is 1200. The van der Waals surface area contributed by atoms with Gasteiger partial charge in [0.15, 0.2) is 0 Å². The average molecular weight is 980 g/mol. The number of amides is 1. The van der Waals surface area contributed by atoms with Gasteiger partial charge in [-0.1, -0.05) is 256 Å². The summed E-state index contributed by atoms with van der Waals surface area (Å²) in [5, 5.41) is 13.8. The third-order valence-corrected chi connectivity index (χ3v) is 14.3. The molecule has 3 atom stereocenters.